The van der Waals surface area contributed by atoms with Crippen LogP contribution in [0.1, 0.15) is 13.8 Å². The topological polar surface area (TPSA) is 45.7 Å². The molecular formula is C15H26IN3OS. The van der Waals surface area contributed by atoms with Crippen LogP contribution in [0.2, 0.25) is 0 Å². The van der Waals surface area contributed by atoms with Gasteiger partial charge < -0.3 is 15.4 Å². The first-order chi connectivity index (χ1) is 9.86. The van der Waals surface area contributed by atoms with Crippen molar-refractivity contribution >= 4 is 41.7 Å². The maximum absolute atomic E-state index is 5.28. The van der Waals surface area contributed by atoms with Gasteiger partial charge in [-0.2, -0.15) is 0 Å². The van der Waals surface area contributed by atoms with Gasteiger partial charge in [-0.05, 0) is 26.0 Å². The number of hydrogen-bond acceptors (Lipinski definition) is 3. The minimum Gasteiger partial charge on any atom is -0.380 e. The average Bonchev–Trinajstić information content (AvgIpc) is 2.49. The Morgan fingerprint density at radius 3 is 2.62 bits per heavy atom. The van der Waals surface area contributed by atoms with Gasteiger partial charge in [-0.1, -0.05) is 18.2 Å². The Hall–Kier alpha value is -0.470. The zero-order valence-corrected chi connectivity index (χ0v) is 15.9. The van der Waals surface area contributed by atoms with Crippen molar-refractivity contribution in [1.82, 2.24) is 10.6 Å². The zero-order chi connectivity index (χ0) is 14.5. The van der Waals surface area contributed by atoms with Crippen molar-refractivity contribution in [3.63, 3.8) is 0 Å². The highest BCUT2D eigenvalue weighted by atomic mass is 127. The van der Waals surface area contributed by atoms with E-state index >= 15 is 0 Å². The van der Waals surface area contributed by atoms with Gasteiger partial charge in [0.1, 0.15) is 0 Å². The number of nitrogens with zero attached hydrogens (tertiary/aromatic N) is 1. The summed E-state index contributed by atoms with van der Waals surface area (Å²) < 4.78 is 5.28. The summed E-state index contributed by atoms with van der Waals surface area (Å²) in [7, 11) is 0. The molecule has 0 heterocycles. The van der Waals surface area contributed by atoms with E-state index in [9.17, 15) is 0 Å². The normalized spacial score (nSPS) is 10.9. The maximum Gasteiger partial charge on any atom is 0.191 e. The Morgan fingerprint density at radius 1 is 1.19 bits per heavy atom. The van der Waals surface area contributed by atoms with Crippen molar-refractivity contribution < 1.29 is 4.74 Å². The molecule has 0 aliphatic rings. The van der Waals surface area contributed by atoms with Crippen LogP contribution in [0, 0.1) is 0 Å². The van der Waals surface area contributed by atoms with Gasteiger partial charge in [0.15, 0.2) is 5.96 Å². The van der Waals surface area contributed by atoms with E-state index in [0.29, 0.717) is 13.2 Å². The molecule has 0 saturated carbocycles. The molecule has 1 rings (SSSR count). The summed E-state index contributed by atoms with van der Waals surface area (Å²) in [6.45, 7) is 7.92. The van der Waals surface area contributed by atoms with E-state index in [4.69, 9.17) is 4.74 Å². The molecule has 0 aliphatic carbocycles. The number of guanidine groups is 1. The summed E-state index contributed by atoms with van der Waals surface area (Å²) in [5.74, 6) is 1.88. The van der Waals surface area contributed by atoms with Crippen LogP contribution in [0.5, 0.6) is 0 Å². The second-order valence-electron chi connectivity index (χ2n) is 4.05. The summed E-state index contributed by atoms with van der Waals surface area (Å²) in [5, 5.41) is 6.56. The quantitative estimate of drug-likeness (QED) is 0.211. The summed E-state index contributed by atoms with van der Waals surface area (Å²) >= 11 is 1.84. The standard InChI is InChI=1S/C15H25N3OS.HI/c1-3-16-15(17-10-12-19-4-2)18-11-13-20-14-8-6-5-7-9-14;/h5-9H,3-4,10-13H2,1-2H3,(H2,16,17,18);1H. The lowest BCUT2D eigenvalue weighted by atomic mass is 10.4. The Morgan fingerprint density at radius 2 is 1.95 bits per heavy atom. The van der Waals surface area contributed by atoms with E-state index in [2.05, 4.69) is 46.8 Å². The lowest BCUT2D eigenvalue weighted by Gasteiger charge is -2.11. The molecule has 0 spiro atoms. The third kappa shape index (κ3) is 10.8. The minimum atomic E-state index is 0. The second-order valence-corrected chi connectivity index (χ2v) is 5.21. The van der Waals surface area contributed by atoms with E-state index in [1.807, 2.05) is 24.8 Å². The highest BCUT2D eigenvalue weighted by Crippen LogP contribution is 2.15. The molecule has 21 heavy (non-hydrogen) atoms. The molecule has 0 aromatic heterocycles. The smallest absolute Gasteiger partial charge is 0.191 e. The first-order valence-corrected chi connectivity index (χ1v) is 8.13. The lowest BCUT2D eigenvalue weighted by molar-refractivity contribution is 0.155. The highest BCUT2D eigenvalue weighted by molar-refractivity contribution is 14.0. The van der Waals surface area contributed by atoms with Crippen molar-refractivity contribution in [3.8, 4) is 0 Å². The fraction of sp³-hybridized carbons (Fsp3) is 0.533. The highest BCUT2D eigenvalue weighted by Gasteiger charge is 1.97. The van der Waals surface area contributed by atoms with Gasteiger partial charge in [0.2, 0.25) is 0 Å². The molecule has 2 N–H and O–H groups in total. The Balaban J connectivity index is 0.00000400. The van der Waals surface area contributed by atoms with Crippen LogP contribution in [0.3, 0.4) is 0 Å². The molecule has 1 aromatic carbocycles. The van der Waals surface area contributed by atoms with Crippen molar-refractivity contribution in [2.75, 3.05) is 38.6 Å². The molecule has 1 aromatic rings. The summed E-state index contributed by atoms with van der Waals surface area (Å²) in [6, 6.07) is 10.4. The Kier molecular flexibility index (Phi) is 14.1. The van der Waals surface area contributed by atoms with Crippen LogP contribution in [-0.4, -0.2) is 44.6 Å². The van der Waals surface area contributed by atoms with Gasteiger partial charge in [0.05, 0.1) is 13.2 Å². The van der Waals surface area contributed by atoms with E-state index < -0.39 is 0 Å². The van der Waals surface area contributed by atoms with Crippen molar-refractivity contribution in [2.24, 2.45) is 4.99 Å². The first kappa shape index (κ1) is 20.5. The predicted molar refractivity (Wildman–Crippen MR) is 103 cm³/mol. The average molecular weight is 423 g/mol. The van der Waals surface area contributed by atoms with Gasteiger partial charge in [-0.25, -0.2) is 0 Å². The van der Waals surface area contributed by atoms with Gasteiger partial charge in [-0.3, -0.25) is 4.99 Å². The first-order valence-electron chi connectivity index (χ1n) is 7.14. The number of halogens is 1. The van der Waals surface area contributed by atoms with Crippen LogP contribution in [0.25, 0.3) is 0 Å². The van der Waals surface area contributed by atoms with Crippen molar-refractivity contribution in [2.45, 2.75) is 18.7 Å². The summed E-state index contributed by atoms with van der Waals surface area (Å²) in [6.07, 6.45) is 0. The van der Waals surface area contributed by atoms with Crippen LogP contribution >= 0.6 is 35.7 Å². The number of benzene rings is 1. The molecule has 0 fully saturated rings. The summed E-state index contributed by atoms with van der Waals surface area (Å²) in [4.78, 5) is 5.75. The van der Waals surface area contributed by atoms with Crippen LogP contribution in [-0.2, 0) is 4.74 Å². The number of nitrogens with one attached hydrogen (secondary N) is 2. The fourth-order valence-electron chi connectivity index (χ4n) is 1.56. The van der Waals surface area contributed by atoms with E-state index in [-0.39, 0.29) is 24.0 Å². The second kappa shape index (κ2) is 14.5. The van der Waals surface area contributed by atoms with Crippen LogP contribution < -0.4 is 10.6 Å². The molecular weight excluding hydrogens is 397 g/mol. The molecule has 6 heteroatoms. The summed E-state index contributed by atoms with van der Waals surface area (Å²) in [5.41, 5.74) is 0. The SMILES string of the molecule is CCNC(=NCCOCC)NCCSc1ccccc1.I. The van der Waals surface area contributed by atoms with Crippen LogP contribution in [0.4, 0.5) is 0 Å². The molecule has 4 nitrogen and oxygen atoms in total. The number of rotatable bonds is 9. The third-order valence-electron chi connectivity index (χ3n) is 2.46. The molecule has 0 unspecified atom stereocenters. The molecule has 0 saturated heterocycles. The minimum absolute atomic E-state index is 0. The fourth-order valence-corrected chi connectivity index (χ4v) is 2.35. The molecule has 120 valence electrons. The molecule has 0 aliphatic heterocycles. The van der Waals surface area contributed by atoms with Crippen molar-refractivity contribution in [1.29, 1.82) is 0 Å². The van der Waals surface area contributed by atoms with E-state index in [0.717, 1.165) is 31.4 Å². The molecule has 0 atom stereocenters. The van der Waals surface area contributed by atoms with Gasteiger partial charge >= 0.3 is 0 Å². The number of aliphatic imine (C=N–C) groups is 1. The lowest BCUT2D eigenvalue weighted by Crippen LogP contribution is -2.38. The monoisotopic (exact) mass is 423 g/mol. The Labute approximate surface area is 149 Å². The Bertz CT molecular complexity index is 376. The van der Waals surface area contributed by atoms with Crippen molar-refractivity contribution in [3.05, 3.63) is 30.3 Å². The molecule has 0 radical (unpaired) electrons. The molecule has 0 amide bonds. The largest absolute Gasteiger partial charge is 0.380 e. The van der Waals surface area contributed by atoms with Gasteiger partial charge in [0.25, 0.3) is 0 Å². The number of thioether (sulfide) groups is 1. The maximum atomic E-state index is 5.28. The number of ether oxygens (including phenoxy) is 1. The van der Waals surface area contributed by atoms with E-state index in [1.165, 1.54) is 4.90 Å². The van der Waals surface area contributed by atoms with Gasteiger partial charge in [-0.15, -0.1) is 35.7 Å². The molecule has 0 bridgehead atoms. The van der Waals surface area contributed by atoms with E-state index in [1.54, 1.807) is 0 Å². The third-order valence-corrected chi connectivity index (χ3v) is 3.47. The predicted octanol–water partition coefficient (Wildman–Crippen LogP) is 2.99. The van der Waals surface area contributed by atoms with Crippen LogP contribution in [0.15, 0.2) is 40.2 Å². The number of hydrogen-bond donors (Lipinski definition) is 2. The zero-order valence-electron chi connectivity index (χ0n) is 12.8. The van der Waals surface area contributed by atoms with Gasteiger partial charge in [0, 0.05) is 30.3 Å².